The second-order valence-corrected chi connectivity index (χ2v) is 6.90. The molecule has 0 radical (unpaired) electrons. The van der Waals surface area contributed by atoms with E-state index >= 15 is 0 Å². The highest BCUT2D eigenvalue weighted by atomic mass is 16.7. The quantitative estimate of drug-likeness (QED) is 0.353. The molecule has 3 aromatic rings. The van der Waals surface area contributed by atoms with Gasteiger partial charge in [0.1, 0.15) is 6.29 Å². The highest BCUT2D eigenvalue weighted by Gasteiger charge is 2.20. The summed E-state index contributed by atoms with van der Waals surface area (Å²) in [6, 6.07) is 13.4. The van der Waals surface area contributed by atoms with Crippen molar-refractivity contribution in [2.24, 2.45) is 0 Å². The molecule has 0 fully saturated rings. The number of carbonyl (C=O) groups excluding carboxylic acids is 3. The molecule has 152 valence electrons. The molecule has 30 heavy (non-hydrogen) atoms. The Kier molecular flexibility index (Phi) is 5.10. The third kappa shape index (κ3) is 3.57. The van der Waals surface area contributed by atoms with Crippen LogP contribution in [0.2, 0.25) is 0 Å². The Balaban J connectivity index is 1.50. The van der Waals surface area contributed by atoms with Gasteiger partial charge in [-0.05, 0) is 44.2 Å². The number of benzene rings is 2. The number of aromatic nitrogens is 1. The predicted octanol–water partition coefficient (Wildman–Crippen LogP) is 3.68. The lowest BCUT2D eigenvalue weighted by atomic mass is 10.1. The van der Waals surface area contributed by atoms with Crippen LogP contribution >= 0.6 is 0 Å². The average Bonchev–Trinajstić information content (AvgIpc) is 3.35. The number of Topliss-reactive ketones (excluding diaryl/α,β-unsaturated/α-hetero) is 1. The van der Waals surface area contributed by atoms with Crippen molar-refractivity contribution in [2.75, 3.05) is 13.4 Å². The normalized spacial score (nSPS) is 11.9. The van der Waals surface area contributed by atoms with Crippen molar-refractivity contribution in [2.45, 2.75) is 13.8 Å². The van der Waals surface area contributed by atoms with E-state index in [-0.39, 0.29) is 24.7 Å². The molecule has 7 nitrogen and oxygen atoms in total. The third-order valence-electron chi connectivity index (χ3n) is 4.96. The number of rotatable bonds is 6. The van der Waals surface area contributed by atoms with Crippen LogP contribution in [-0.2, 0) is 4.74 Å². The van der Waals surface area contributed by atoms with Crippen LogP contribution in [0.25, 0.3) is 5.69 Å². The predicted molar refractivity (Wildman–Crippen MR) is 108 cm³/mol. The Hall–Kier alpha value is -3.87. The molecule has 4 rings (SSSR count). The van der Waals surface area contributed by atoms with E-state index < -0.39 is 5.97 Å². The summed E-state index contributed by atoms with van der Waals surface area (Å²) in [6.45, 7) is 3.55. The van der Waals surface area contributed by atoms with Crippen molar-refractivity contribution in [3.05, 3.63) is 76.6 Å². The zero-order valence-electron chi connectivity index (χ0n) is 16.5. The van der Waals surface area contributed by atoms with E-state index in [9.17, 15) is 14.4 Å². The van der Waals surface area contributed by atoms with Gasteiger partial charge in [-0.15, -0.1) is 0 Å². The first kappa shape index (κ1) is 19.4. The number of ketones is 1. The summed E-state index contributed by atoms with van der Waals surface area (Å²) in [6.07, 6.45) is 0.689. The number of aryl methyl sites for hydroxylation is 1. The van der Waals surface area contributed by atoms with Gasteiger partial charge in [-0.3, -0.25) is 9.59 Å². The van der Waals surface area contributed by atoms with Gasteiger partial charge in [0.2, 0.25) is 12.6 Å². The summed E-state index contributed by atoms with van der Waals surface area (Å²) < 4.78 is 17.9. The van der Waals surface area contributed by atoms with Crippen molar-refractivity contribution in [3.8, 4) is 17.2 Å². The van der Waals surface area contributed by atoms with Gasteiger partial charge < -0.3 is 18.8 Å². The van der Waals surface area contributed by atoms with E-state index in [1.165, 1.54) is 24.3 Å². The molecule has 0 unspecified atom stereocenters. The van der Waals surface area contributed by atoms with Crippen molar-refractivity contribution in [1.29, 1.82) is 0 Å². The van der Waals surface area contributed by atoms with Crippen LogP contribution in [0, 0.1) is 13.8 Å². The minimum atomic E-state index is -0.620. The number of fused-ring (bicyclic) bond motifs is 1. The van der Waals surface area contributed by atoms with Crippen molar-refractivity contribution < 1.29 is 28.6 Å². The van der Waals surface area contributed by atoms with Gasteiger partial charge in [-0.1, -0.05) is 12.1 Å². The molecule has 0 aliphatic carbocycles. The Morgan fingerprint density at radius 1 is 1.03 bits per heavy atom. The molecule has 0 saturated carbocycles. The Morgan fingerprint density at radius 3 is 2.50 bits per heavy atom. The minimum Gasteiger partial charge on any atom is -0.454 e. The molecule has 7 heteroatoms. The van der Waals surface area contributed by atoms with Crippen LogP contribution in [0.4, 0.5) is 0 Å². The number of ether oxygens (including phenoxy) is 3. The van der Waals surface area contributed by atoms with E-state index in [1.807, 2.05) is 36.6 Å². The largest absolute Gasteiger partial charge is 0.454 e. The van der Waals surface area contributed by atoms with Crippen LogP contribution < -0.4 is 9.47 Å². The number of nitrogens with zero attached hydrogens (tertiary/aromatic N) is 1. The molecule has 0 amide bonds. The molecule has 0 atom stereocenters. The maximum atomic E-state index is 12.7. The zero-order chi connectivity index (χ0) is 21.3. The summed E-state index contributed by atoms with van der Waals surface area (Å²) >= 11 is 0. The van der Waals surface area contributed by atoms with Gasteiger partial charge >= 0.3 is 5.97 Å². The molecule has 0 saturated heterocycles. The molecule has 1 aliphatic heterocycles. The van der Waals surface area contributed by atoms with E-state index in [2.05, 4.69) is 0 Å². The monoisotopic (exact) mass is 405 g/mol. The van der Waals surface area contributed by atoms with E-state index in [4.69, 9.17) is 14.2 Å². The smallest absolute Gasteiger partial charge is 0.338 e. The second kappa shape index (κ2) is 7.87. The lowest BCUT2D eigenvalue weighted by Gasteiger charge is -2.11. The van der Waals surface area contributed by atoms with Gasteiger partial charge in [-0.2, -0.15) is 0 Å². The Bertz CT molecular complexity index is 1140. The molecule has 2 aromatic carbocycles. The number of carbonyl (C=O) groups is 3. The molecule has 0 N–H and O–H groups in total. The molecule has 1 aliphatic rings. The van der Waals surface area contributed by atoms with Crippen molar-refractivity contribution in [1.82, 2.24) is 4.57 Å². The van der Waals surface area contributed by atoms with E-state index in [0.717, 1.165) is 17.1 Å². The summed E-state index contributed by atoms with van der Waals surface area (Å²) in [7, 11) is 0. The van der Waals surface area contributed by atoms with E-state index in [1.54, 1.807) is 6.07 Å². The first-order valence-corrected chi connectivity index (χ1v) is 9.32. The van der Waals surface area contributed by atoms with Crippen LogP contribution in [0.1, 0.15) is 42.5 Å². The van der Waals surface area contributed by atoms with Gasteiger partial charge in [-0.25, -0.2) is 4.79 Å². The third-order valence-corrected chi connectivity index (χ3v) is 4.96. The first-order valence-electron chi connectivity index (χ1n) is 9.32. The second-order valence-electron chi connectivity index (χ2n) is 6.90. The molecular formula is C23H19NO6. The molecule has 2 heterocycles. The van der Waals surface area contributed by atoms with Crippen molar-refractivity contribution >= 4 is 18.0 Å². The van der Waals surface area contributed by atoms with Crippen molar-refractivity contribution in [3.63, 3.8) is 0 Å². The fourth-order valence-electron chi connectivity index (χ4n) is 3.46. The molecular weight excluding hydrogens is 386 g/mol. The average molecular weight is 405 g/mol. The van der Waals surface area contributed by atoms with Gasteiger partial charge in [0.25, 0.3) is 0 Å². The fraction of sp³-hybridized carbons (Fsp3) is 0.174. The zero-order valence-corrected chi connectivity index (χ0v) is 16.5. The lowest BCUT2D eigenvalue weighted by molar-refractivity contribution is 0.0474. The summed E-state index contributed by atoms with van der Waals surface area (Å²) in [4.78, 5) is 35.6. The standard InChI is InChI=1S/C23H19NO6/c1-14-9-19(15(2)24(14)18-7-8-21-22(10-18)30-13-29-21)20(26)12-28-23(27)17-5-3-16(11-25)4-6-17/h3-11H,12-13H2,1-2H3. The van der Waals surface area contributed by atoms with Crippen LogP contribution in [0.5, 0.6) is 11.5 Å². The Morgan fingerprint density at radius 2 is 1.77 bits per heavy atom. The van der Waals surface area contributed by atoms with Gasteiger partial charge in [0.15, 0.2) is 18.1 Å². The number of aldehydes is 1. The Labute approximate surface area is 172 Å². The van der Waals surface area contributed by atoms with Crippen LogP contribution in [0.3, 0.4) is 0 Å². The maximum absolute atomic E-state index is 12.7. The summed E-state index contributed by atoms with van der Waals surface area (Å²) in [5.74, 6) is 0.423. The summed E-state index contributed by atoms with van der Waals surface area (Å²) in [5.41, 5.74) is 3.67. The van der Waals surface area contributed by atoms with Gasteiger partial charge in [0, 0.05) is 34.3 Å². The number of hydrogen-bond donors (Lipinski definition) is 0. The van der Waals surface area contributed by atoms with Crippen LogP contribution in [-0.4, -0.2) is 36.0 Å². The fourth-order valence-corrected chi connectivity index (χ4v) is 3.46. The first-order chi connectivity index (χ1) is 14.5. The van der Waals surface area contributed by atoms with Gasteiger partial charge in [0.05, 0.1) is 5.56 Å². The number of hydrogen-bond acceptors (Lipinski definition) is 6. The molecule has 0 spiro atoms. The maximum Gasteiger partial charge on any atom is 0.338 e. The van der Waals surface area contributed by atoms with E-state index in [0.29, 0.717) is 28.9 Å². The topological polar surface area (TPSA) is 83.8 Å². The number of esters is 1. The minimum absolute atomic E-state index is 0.190. The highest BCUT2D eigenvalue weighted by Crippen LogP contribution is 2.34. The van der Waals surface area contributed by atoms with Crippen LogP contribution in [0.15, 0.2) is 48.5 Å². The SMILES string of the molecule is Cc1cc(C(=O)COC(=O)c2ccc(C=O)cc2)c(C)n1-c1ccc2c(c1)OCO2. The highest BCUT2D eigenvalue weighted by molar-refractivity contribution is 6.00. The molecule has 1 aromatic heterocycles. The molecule has 0 bridgehead atoms. The summed E-state index contributed by atoms with van der Waals surface area (Å²) in [5, 5.41) is 0. The lowest BCUT2D eigenvalue weighted by Crippen LogP contribution is -2.15.